The normalized spacial score (nSPS) is 13.3. The number of benzene rings is 3. The highest BCUT2D eigenvalue weighted by Gasteiger charge is 2.35. The summed E-state index contributed by atoms with van der Waals surface area (Å²) >= 11 is 0. The van der Waals surface area contributed by atoms with Gasteiger partial charge in [-0.05, 0) is 86.2 Å². The Morgan fingerprint density at radius 2 is 1.68 bits per heavy atom. The number of carbonyl (C=O) groups is 2. The van der Waals surface area contributed by atoms with Gasteiger partial charge < -0.3 is 14.6 Å². The van der Waals surface area contributed by atoms with Gasteiger partial charge >= 0.3 is 6.18 Å². The predicted octanol–water partition coefficient (Wildman–Crippen LogP) is 7.91. The van der Waals surface area contributed by atoms with Gasteiger partial charge in [-0.25, -0.2) is 0 Å². The second-order valence-electron chi connectivity index (χ2n) is 10.8. The fourth-order valence-corrected chi connectivity index (χ4v) is 4.95. The number of nitrogens with zero attached hydrogens (tertiary/aromatic N) is 1. The topological polar surface area (TPSA) is 60.3 Å². The van der Waals surface area contributed by atoms with Crippen molar-refractivity contribution >= 4 is 23.1 Å². The first-order valence-corrected chi connectivity index (χ1v) is 13.6. The van der Waals surface area contributed by atoms with Gasteiger partial charge in [0.15, 0.2) is 12.4 Å². The number of carbonyl (C=O) groups excluding carboxylic acids is 2. The zero-order valence-electron chi connectivity index (χ0n) is 24.1. The van der Waals surface area contributed by atoms with Crippen LogP contribution in [0.15, 0.2) is 60.7 Å². The third-order valence-electron chi connectivity index (χ3n) is 7.52. The second kappa shape index (κ2) is 11.8. The molecule has 0 fully saturated rings. The summed E-state index contributed by atoms with van der Waals surface area (Å²) in [5.41, 5.74) is 5.20. The van der Waals surface area contributed by atoms with Gasteiger partial charge in [0, 0.05) is 28.7 Å². The lowest BCUT2D eigenvalue weighted by atomic mass is 9.98. The van der Waals surface area contributed by atoms with Gasteiger partial charge in [0.2, 0.25) is 0 Å². The van der Waals surface area contributed by atoms with Crippen molar-refractivity contribution in [3.8, 4) is 5.75 Å². The van der Waals surface area contributed by atoms with Gasteiger partial charge in [-0.15, -0.1) is 0 Å². The van der Waals surface area contributed by atoms with Gasteiger partial charge in [0.1, 0.15) is 5.75 Å². The summed E-state index contributed by atoms with van der Waals surface area (Å²) in [7, 11) is 0. The van der Waals surface area contributed by atoms with Crippen molar-refractivity contribution in [3.63, 3.8) is 0 Å². The molecular formula is C33H35F3N2O3. The fraction of sp³-hybridized carbons (Fsp3) is 0.333. The first-order valence-electron chi connectivity index (χ1n) is 13.6. The highest BCUT2D eigenvalue weighted by Crippen LogP contribution is 2.38. The molecular weight excluding hydrogens is 529 g/mol. The standard InChI is InChI=1S/C33H35F3N2O3/c1-19(2)25-8-7-9-26(15-25)22(5)37-32(40)27-11-13-30-28(16-27)21(4)23(6)38(30)17-24-10-12-29(33(34,35)36)31(14-24)41-20(3)18-39/h7-16,18-20,22H,17H2,1-6H3,(H,37,40)/t20-,22-/m0/s1. The molecule has 216 valence electrons. The molecule has 41 heavy (non-hydrogen) atoms. The summed E-state index contributed by atoms with van der Waals surface area (Å²) in [4.78, 5) is 24.2. The van der Waals surface area contributed by atoms with E-state index in [-0.39, 0.29) is 24.2 Å². The molecule has 0 unspecified atom stereocenters. The van der Waals surface area contributed by atoms with Crippen LogP contribution >= 0.6 is 0 Å². The largest absolute Gasteiger partial charge is 0.483 e. The molecule has 4 aromatic rings. The van der Waals surface area contributed by atoms with Gasteiger partial charge in [0.05, 0.1) is 11.6 Å². The number of hydrogen-bond acceptors (Lipinski definition) is 3. The number of aryl methyl sites for hydroxylation is 1. The smallest absolute Gasteiger partial charge is 0.419 e. The molecule has 0 aliphatic carbocycles. The molecule has 0 saturated carbocycles. The van der Waals surface area contributed by atoms with Crippen LogP contribution in [0.1, 0.15) is 83.5 Å². The molecule has 3 aromatic carbocycles. The van der Waals surface area contributed by atoms with E-state index >= 15 is 0 Å². The lowest BCUT2D eigenvalue weighted by Crippen LogP contribution is -2.26. The minimum absolute atomic E-state index is 0.178. The third kappa shape index (κ3) is 6.47. The maximum atomic E-state index is 13.6. The van der Waals surface area contributed by atoms with Gasteiger partial charge in [-0.3, -0.25) is 9.59 Å². The zero-order chi connectivity index (χ0) is 30.1. The fourth-order valence-electron chi connectivity index (χ4n) is 4.95. The van der Waals surface area contributed by atoms with E-state index in [1.807, 2.05) is 49.6 Å². The molecule has 0 aliphatic heterocycles. The van der Waals surface area contributed by atoms with Crippen molar-refractivity contribution in [1.29, 1.82) is 0 Å². The average Bonchev–Trinajstić information content (AvgIpc) is 3.16. The number of hydrogen-bond donors (Lipinski definition) is 1. The molecule has 1 heterocycles. The number of amides is 1. The summed E-state index contributed by atoms with van der Waals surface area (Å²) in [5.74, 6) is -0.183. The number of rotatable bonds is 9. The highest BCUT2D eigenvalue weighted by atomic mass is 19.4. The molecule has 0 spiro atoms. The molecule has 0 bridgehead atoms. The van der Waals surface area contributed by atoms with E-state index < -0.39 is 17.8 Å². The molecule has 5 nitrogen and oxygen atoms in total. The van der Waals surface area contributed by atoms with Crippen LogP contribution < -0.4 is 10.1 Å². The zero-order valence-corrected chi connectivity index (χ0v) is 24.1. The molecule has 0 radical (unpaired) electrons. The quantitative estimate of drug-likeness (QED) is 0.210. The van der Waals surface area contributed by atoms with Crippen LogP contribution in [0.2, 0.25) is 0 Å². The van der Waals surface area contributed by atoms with E-state index in [0.29, 0.717) is 23.3 Å². The van der Waals surface area contributed by atoms with Crippen molar-refractivity contribution in [1.82, 2.24) is 9.88 Å². The number of alkyl halides is 3. The molecule has 0 saturated heterocycles. The monoisotopic (exact) mass is 564 g/mol. The Hall–Kier alpha value is -4.07. The van der Waals surface area contributed by atoms with Gasteiger partial charge in [-0.1, -0.05) is 44.2 Å². The molecule has 1 aromatic heterocycles. The Labute approximate surface area is 238 Å². The van der Waals surface area contributed by atoms with E-state index in [9.17, 15) is 22.8 Å². The Morgan fingerprint density at radius 3 is 2.34 bits per heavy atom. The number of fused-ring (bicyclic) bond motifs is 1. The van der Waals surface area contributed by atoms with E-state index in [2.05, 4.69) is 31.3 Å². The summed E-state index contributed by atoms with van der Waals surface area (Å²) in [5, 5.41) is 3.98. The van der Waals surface area contributed by atoms with E-state index in [0.717, 1.165) is 33.8 Å². The summed E-state index contributed by atoms with van der Waals surface area (Å²) in [6.45, 7) is 11.8. The number of ether oxygens (including phenoxy) is 1. The van der Waals surface area contributed by atoms with E-state index in [1.165, 1.54) is 24.6 Å². The molecule has 1 N–H and O–H groups in total. The van der Waals surface area contributed by atoms with Crippen molar-refractivity contribution < 1.29 is 27.5 Å². The predicted molar refractivity (Wildman–Crippen MR) is 155 cm³/mol. The van der Waals surface area contributed by atoms with Crippen LogP contribution in [-0.2, 0) is 17.5 Å². The maximum absolute atomic E-state index is 13.6. The van der Waals surface area contributed by atoms with Crippen LogP contribution in [0.25, 0.3) is 10.9 Å². The summed E-state index contributed by atoms with van der Waals surface area (Å²) < 4.78 is 48.0. The number of aldehydes is 1. The van der Waals surface area contributed by atoms with Crippen molar-refractivity contribution in [2.24, 2.45) is 0 Å². The van der Waals surface area contributed by atoms with Crippen molar-refractivity contribution in [3.05, 3.63) is 99.7 Å². The number of halogens is 3. The van der Waals surface area contributed by atoms with Gasteiger partial charge in [-0.2, -0.15) is 13.2 Å². The third-order valence-corrected chi connectivity index (χ3v) is 7.52. The minimum Gasteiger partial charge on any atom is -0.483 e. The van der Waals surface area contributed by atoms with Crippen LogP contribution in [-0.4, -0.2) is 22.9 Å². The lowest BCUT2D eigenvalue weighted by Gasteiger charge is -2.18. The van der Waals surface area contributed by atoms with Crippen molar-refractivity contribution in [2.75, 3.05) is 0 Å². The first-order chi connectivity index (χ1) is 19.3. The lowest BCUT2D eigenvalue weighted by molar-refractivity contribution is -0.139. The Kier molecular flexibility index (Phi) is 8.61. The molecule has 1 amide bonds. The molecule has 2 atom stereocenters. The SMILES string of the molecule is Cc1c(C)n(Cc2ccc(C(F)(F)F)c(O[C@@H](C)C=O)c2)c2ccc(C(=O)N[C@@H](C)c3cccc(C(C)C)c3)cc12. The Balaban J connectivity index is 1.62. The Morgan fingerprint density at radius 1 is 0.976 bits per heavy atom. The molecule has 0 aliphatic rings. The Bertz CT molecular complexity index is 1590. The van der Waals surface area contributed by atoms with Crippen LogP contribution in [0.4, 0.5) is 13.2 Å². The van der Waals surface area contributed by atoms with E-state index in [4.69, 9.17) is 4.74 Å². The summed E-state index contributed by atoms with van der Waals surface area (Å²) in [6, 6.07) is 17.2. The van der Waals surface area contributed by atoms with Crippen LogP contribution in [0, 0.1) is 13.8 Å². The average molecular weight is 565 g/mol. The minimum atomic E-state index is -4.62. The second-order valence-corrected chi connectivity index (χ2v) is 10.8. The van der Waals surface area contributed by atoms with E-state index in [1.54, 1.807) is 6.07 Å². The number of nitrogens with one attached hydrogen (secondary N) is 1. The summed E-state index contributed by atoms with van der Waals surface area (Å²) in [6.07, 6.45) is -5.18. The van der Waals surface area contributed by atoms with Gasteiger partial charge in [0.25, 0.3) is 5.91 Å². The number of aromatic nitrogens is 1. The highest BCUT2D eigenvalue weighted by molar-refractivity contribution is 5.99. The first kappa shape index (κ1) is 29.9. The molecule has 8 heteroatoms. The maximum Gasteiger partial charge on any atom is 0.419 e. The van der Waals surface area contributed by atoms with Crippen molar-refractivity contribution in [2.45, 2.75) is 72.3 Å². The van der Waals surface area contributed by atoms with Crippen LogP contribution in [0.3, 0.4) is 0 Å². The van der Waals surface area contributed by atoms with Crippen LogP contribution in [0.5, 0.6) is 5.75 Å². The molecule has 4 rings (SSSR count).